The molecular formula is C15H17FO4. The first kappa shape index (κ1) is 14.5. The van der Waals surface area contributed by atoms with Gasteiger partial charge < -0.3 is 14.6 Å². The van der Waals surface area contributed by atoms with Crippen molar-refractivity contribution in [1.82, 2.24) is 0 Å². The maximum absolute atomic E-state index is 13.2. The number of rotatable bonds is 5. The lowest BCUT2D eigenvalue weighted by molar-refractivity contribution is -0.131. The Labute approximate surface area is 116 Å². The van der Waals surface area contributed by atoms with Crippen LogP contribution in [-0.2, 0) is 9.53 Å². The monoisotopic (exact) mass is 280 g/mol. The molecule has 0 spiro atoms. The zero-order valence-electron chi connectivity index (χ0n) is 11.0. The van der Waals surface area contributed by atoms with E-state index < -0.39 is 11.8 Å². The molecule has 0 aromatic heterocycles. The van der Waals surface area contributed by atoms with Crippen molar-refractivity contribution < 1.29 is 23.8 Å². The van der Waals surface area contributed by atoms with Crippen molar-refractivity contribution >= 4 is 12.0 Å². The van der Waals surface area contributed by atoms with Crippen molar-refractivity contribution in [2.75, 3.05) is 13.2 Å². The van der Waals surface area contributed by atoms with Gasteiger partial charge in [-0.3, -0.25) is 0 Å². The third-order valence-electron chi connectivity index (χ3n) is 3.08. The van der Waals surface area contributed by atoms with E-state index in [4.69, 9.17) is 14.6 Å². The summed E-state index contributed by atoms with van der Waals surface area (Å²) in [5.74, 6) is -1.06. The molecule has 1 heterocycles. The minimum absolute atomic E-state index is 0.0464. The van der Waals surface area contributed by atoms with Gasteiger partial charge in [-0.15, -0.1) is 0 Å². The number of benzene rings is 1. The molecule has 1 aliphatic rings. The SMILES string of the molecule is O=C(O)C=Cc1cc(F)ccc1OCC1CCCCO1. The number of hydrogen-bond acceptors (Lipinski definition) is 3. The first-order valence-electron chi connectivity index (χ1n) is 6.60. The van der Waals surface area contributed by atoms with Crippen LogP contribution < -0.4 is 4.74 Å². The second-order valence-electron chi connectivity index (χ2n) is 4.65. The van der Waals surface area contributed by atoms with Gasteiger partial charge >= 0.3 is 5.97 Å². The summed E-state index contributed by atoms with van der Waals surface area (Å²) < 4.78 is 24.4. The molecule has 0 radical (unpaired) electrons. The number of carbonyl (C=O) groups is 1. The van der Waals surface area contributed by atoms with Gasteiger partial charge in [0.15, 0.2) is 0 Å². The Morgan fingerprint density at radius 1 is 1.50 bits per heavy atom. The van der Waals surface area contributed by atoms with Gasteiger partial charge in [-0.25, -0.2) is 9.18 Å². The standard InChI is InChI=1S/C15H17FO4/c16-12-5-6-14(11(9-12)4-7-15(17)18)20-10-13-3-1-2-8-19-13/h4-7,9,13H,1-3,8,10H2,(H,17,18). The van der Waals surface area contributed by atoms with Crippen LogP contribution in [0.2, 0.25) is 0 Å². The van der Waals surface area contributed by atoms with E-state index in [0.29, 0.717) is 17.9 Å². The van der Waals surface area contributed by atoms with Gasteiger partial charge in [-0.1, -0.05) is 0 Å². The normalized spacial score (nSPS) is 19.1. The van der Waals surface area contributed by atoms with Crippen molar-refractivity contribution in [3.8, 4) is 5.75 Å². The molecule has 1 aromatic carbocycles. The molecule has 0 bridgehead atoms. The molecule has 1 aliphatic heterocycles. The lowest BCUT2D eigenvalue weighted by Crippen LogP contribution is -2.25. The van der Waals surface area contributed by atoms with E-state index in [1.807, 2.05) is 0 Å². The van der Waals surface area contributed by atoms with E-state index in [-0.39, 0.29) is 6.10 Å². The molecule has 20 heavy (non-hydrogen) atoms. The van der Waals surface area contributed by atoms with Crippen LogP contribution >= 0.6 is 0 Å². The maximum atomic E-state index is 13.2. The molecular weight excluding hydrogens is 263 g/mol. The minimum Gasteiger partial charge on any atom is -0.490 e. The van der Waals surface area contributed by atoms with Gasteiger partial charge in [0.05, 0.1) is 6.10 Å². The first-order valence-corrected chi connectivity index (χ1v) is 6.60. The number of hydrogen-bond donors (Lipinski definition) is 1. The number of ether oxygens (including phenoxy) is 2. The summed E-state index contributed by atoms with van der Waals surface area (Å²) in [6.45, 7) is 1.13. The smallest absolute Gasteiger partial charge is 0.328 e. The first-order chi connectivity index (χ1) is 9.65. The Hall–Kier alpha value is -1.88. The summed E-state index contributed by atoms with van der Waals surface area (Å²) >= 11 is 0. The molecule has 1 fully saturated rings. The molecule has 5 heteroatoms. The molecule has 0 aliphatic carbocycles. The van der Waals surface area contributed by atoms with E-state index in [1.165, 1.54) is 24.3 Å². The van der Waals surface area contributed by atoms with Gasteiger partial charge in [-0.05, 0) is 43.5 Å². The predicted molar refractivity (Wildman–Crippen MR) is 72.2 cm³/mol. The quantitative estimate of drug-likeness (QED) is 0.843. The highest BCUT2D eigenvalue weighted by molar-refractivity contribution is 5.85. The highest BCUT2D eigenvalue weighted by Crippen LogP contribution is 2.23. The molecule has 108 valence electrons. The van der Waals surface area contributed by atoms with Gasteiger partial charge in [0.25, 0.3) is 0 Å². The van der Waals surface area contributed by atoms with Gasteiger partial charge in [-0.2, -0.15) is 0 Å². The molecule has 1 unspecified atom stereocenters. The molecule has 0 amide bonds. The van der Waals surface area contributed by atoms with Crippen LogP contribution in [0, 0.1) is 5.82 Å². The molecule has 1 saturated heterocycles. The number of carboxylic acids is 1. The largest absolute Gasteiger partial charge is 0.490 e. The van der Waals surface area contributed by atoms with Crippen molar-refractivity contribution in [2.24, 2.45) is 0 Å². The average molecular weight is 280 g/mol. The lowest BCUT2D eigenvalue weighted by Gasteiger charge is -2.23. The minimum atomic E-state index is -1.09. The van der Waals surface area contributed by atoms with E-state index in [2.05, 4.69) is 0 Å². The number of halogens is 1. The van der Waals surface area contributed by atoms with E-state index in [9.17, 15) is 9.18 Å². The summed E-state index contributed by atoms with van der Waals surface area (Å²) in [7, 11) is 0. The average Bonchev–Trinajstić information content (AvgIpc) is 2.45. The Bertz CT molecular complexity index is 493. The molecule has 2 rings (SSSR count). The van der Waals surface area contributed by atoms with Crippen molar-refractivity contribution in [1.29, 1.82) is 0 Å². The summed E-state index contributed by atoms with van der Waals surface area (Å²) in [4.78, 5) is 10.5. The van der Waals surface area contributed by atoms with Gasteiger partial charge in [0, 0.05) is 18.2 Å². The molecule has 4 nitrogen and oxygen atoms in total. The molecule has 1 aromatic rings. The second kappa shape index (κ2) is 7.05. The van der Waals surface area contributed by atoms with Crippen LogP contribution in [0.5, 0.6) is 5.75 Å². The Morgan fingerprint density at radius 3 is 3.05 bits per heavy atom. The van der Waals surface area contributed by atoms with Crippen LogP contribution in [0.15, 0.2) is 24.3 Å². The second-order valence-corrected chi connectivity index (χ2v) is 4.65. The zero-order chi connectivity index (χ0) is 14.4. The van der Waals surface area contributed by atoms with Gasteiger partial charge in [0.2, 0.25) is 0 Å². The predicted octanol–water partition coefficient (Wildman–Crippen LogP) is 2.87. The van der Waals surface area contributed by atoms with E-state index in [0.717, 1.165) is 31.9 Å². The van der Waals surface area contributed by atoms with Crippen LogP contribution in [-0.4, -0.2) is 30.4 Å². The van der Waals surface area contributed by atoms with Crippen LogP contribution in [0.4, 0.5) is 4.39 Å². The molecule has 0 saturated carbocycles. The maximum Gasteiger partial charge on any atom is 0.328 e. The summed E-state index contributed by atoms with van der Waals surface area (Å²) in [6.07, 6.45) is 5.45. The molecule has 1 N–H and O–H groups in total. The van der Waals surface area contributed by atoms with Gasteiger partial charge in [0.1, 0.15) is 18.2 Å². The Balaban J connectivity index is 2.03. The zero-order valence-corrected chi connectivity index (χ0v) is 11.0. The van der Waals surface area contributed by atoms with E-state index >= 15 is 0 Å². The fourth-order valence-corrected chi connectivity index (χ4v) is 2.06. The Kier molecular flexibility index (Phi) is 5.12. The fraction of sp³-hybridized carbons (Fsp3) is 0.400. The molecule has 1 atom stereocenters. The topological polar surface area (TPSA) is 55.8 Å². The summed E-state index contributed by atoms with van der Waals surface area (Å²) in [5.41, 5.74) is 0.406. The van der Waals surface area contributed by atoms with Crippen molar-refractivity contribution in [3.05, 3.63) is 35.7 Å². The van der Waals surface area contributed by atoms with Crippen LogP contribution in [0.3, 0.4) is 0 Å². The number of aliphatic carboxylic acids is 1. The van der Waals surface area contributed by atoms with E-state index in [1.54, 1.807) is 0 Å². The summed E-state index contributed by atoms with van der Waals surface area (Å²) in [6, 6.07) is 4.03. The van der Waals surface area contributed by atoms with Crippen molar-refractivity contribution in [2.45, 2.75) is 25.4 Å². The highest BCUT2D eigenvalue weighted by Gasteiger charge is 2.15. The number of carboxylic acid groups (broad SMARTS) is 1. The highest BCUT2D eigenvalue weighted by atomic mass is 19.1. The Morgan fingerprint density at radius 2 is 2.35 bits per heavy atom. The van der Waals surface area contributed by atoms with Crippen LogP contribution in [0.25, 0.3) is 6.08 Å². The summed E-state index contributed by atoms with van der Waals surface area (Å²) in [5, 5.41) is 8.63. The third kappa shape index (κ3) is 4.35. The van der Waals surface area contributed by atoms with Crippen molar-refractivity contribution in [3.63, 3.8) is 0 Å². The van der Waals surface area contributed by atoms with Crippen LogP contribution in [0.1, 0.15) is 24.8 Å². The fourth-order valence-electron chi connectivity index (χ4n) is 2.06. The third-order valence-corrected chi connectivity index (χ3v) is 3.08. The lowest BCUT2D eigenvalue weighted by atomic mass is 10.1.